The van der Waals surface area contributed by atoms with Crippen LogP contribution in [-0.4, -0.2) is 16.6 Å². The fraction of sp³-hybridized carbons (Fsp3) is 0.286. The number of nitrogens with zero attached hydrogens (tertiary/aromatic N) is 1. The Balaban J connectivity index is 2.81. The largest absolute Gasteiger partial charge is 0.385 e. The number of hydrogen-bond acceptors (Lipinski definition) is 3. The second-order valence-electron chi connectivity index (χ2n) is 2.15. The van der Waals surface area contributed by atoms with Gasteiger partial charge in [0.2, 0.25) is 0 Å². The van der Waals surface area contributed by atoms with Gasteiger partial charge in [-0.3, -0.25) is 4.98 Å². The van der Waals surface area contributed by atoms with E-state index < -0.39 is 11.9 Å². The maximum atomic E-state index is 12.3. The molecule has 0 aliphatic heterocycles. The van der Waals surface area contributed by atoms with E-state index >= 15 is 0 Å². The molecule has 1 aromatic rings. The Morgan fingerprint density at radius 1 is 1.64 bits per heavy atom. The first kappa shape index (κ1) is 8.10. The smallest absolute Gasteiger partial charge is 0.141 e. The summed E-state index contributed by atoms with van der Waals surface area (Å²) in [4.78, 5) is 3.64. The summed E-state index contributed by atoms with van der Waals surface area (Å²) in [6, 6.07) is 2.65. The van der Waals surface area contributed by atoms with Crippen LogP contribution in [0.1, 0.15) is 11.8 Å². The molecule has 60 valence electrons. The summed E-state index contributed by atoms with van der Waals surface area (Å²) >= 11 is 0. The van der Waals surface area contributed by atoms with Crippen molar-refractivity contribution in [3.63, 3.8) is 0 Å². The van der Waals surface area contributed by atoms with Crippen LogP contribution < -0.4 is 5.73 Å². The third-order valence-corrected chi connectivity index (χ3v) is 1.31. The van der Waals surface area contributed by atoms with Gasteiger partial charge in [0, 0.05) is 6.54 Å². The van der Waals surface area contributed by atoms with Crippen LogP contribution in [0.2, 0.25) is 0 Å². The molecular weight excluding hydrogens is 147 g/mol. The Bertz CT molecular complexity index is 224. The summed E-state index contributed by atoms with van der Waals surface area (Å²) in [7, 11) is 0. The van der Waals surface area contributed by atoms with E-state index in [1.807, 2.05) is 0 Å². The van der Waals surface area contributed by atoms with Gasteiger partial charge in [0.25, 0.3) is 0 Å². The molecule has 0 aromatic carbocycles. The molecule has 1 atom stereocenters. The molecular formula is C7H9FN2O. The summed E-state index contributed by atoms with van der Waals surface area (Å²) in [6.45, 7) is 0.0959. The van der Waals surface area contributed by atoms with Crippen LogP contribution in [0.5, 0.6) is 0 Å². The van der Waals surface area contributed by atoms with Crippen molar-refractivity contribution >= 4 is 0 Å². The Labute approximate surface area is 63.7 Å². The van der Waals surface area contributed by atoms with Crippen molar-refractivity contribution in [2.75, 3.05) is 6.54 Å². The lowest BCUT2D eigenvalue weighted by Gasteiger charge is -2.04. The molecule has 4 heteroatoms. The number of aliphatic hydroxyl groups excluding tert-OH is 1. The molecule has 0 aliphatic rings. The van der Waals surface area contributed by atoms with Crippen LogP contribution >= 0.6 is 0 Å². The number of halogens is 1. The van der Waals surface area contributed by atoms with Gasteiger partial charge < -0.3 is 10.8 Å². The molecule has 0 saturated heterocycles. The molecule has 1 unspecified atom stereocenters. The van der Waals surface area contributed by atoms with Crippen molar-refractivity contribution in [1.29, 1.82) is 0 Å². The average Bonchev–Trinajstić information content (AvgIpc) is 2.05. The van der Waals surface area contributed by atoms with Crippen molar-refractivity contribution in [2.45, 2.75) is 6.10 Å². The van der Waals surface area contributed by atoms with E-state index in [0.717, 1.165) is 6.20 Å². The maximum absolute atomic E-state index is 12.3. The van der Waals surface area contributed by atoms with Crippen molar-refractivity contribution in [3.8, 4) is 0 Å². The molecule has 0 spiro atoms. The highest BCUT2D eigenvalue weighted by Gasteiger charge is 2.05. The summed E-state index contributed by atoms with van der Waals surface area (Å²) in [5, 5.41) is 9.11. The third-order valence-electron chi connectivity index (χ3n) is 1.31. The van der Waals surface area contributed by atoms with Gasteiger partial charge in [-0.25, -0.2) is 4.39 Å². The van der Waals surface area contributed by atoms with Crippen molar-refractivity contribution in [3.05, 3.63) is 29.8 Å². The van der Waals surface area contributed by atoms with Crippen LogP contribution in [0.4, 0.5) is 4.39 Å². The van der Waals surface area contributed by atoms with E-state index in [2.05, 4.69) is 4.98 Å². The van der Waals surface area contributed by atoms with Crippen LogP contribution in [0.25, 0.3) is 0 Å². The fourth-order valence-corrected chi connectivity index (χ4v) is 0.705. The zero-order valence-electron chi connectivity index (χ0n) is 5.87. The van der Waals surface area contributed by atoms with Crippen molar-refractivity contribution in [2.24, 2.45) is 5.73 Å². The van der Waals surface area contributed by atoms with Gasteiger partial charge in [0.15, 0.2) is 0 Å². The Morgan fingerprint density at radius 3 is 2.82 bits per heavy atom. The van der Waals surface area contributed by atoms with Crippen LogP contribution in [0.15, 0.2) is 18.3 Å². The second-order valence-corrected chi connectivity index (χ2v) is 2.15. The lowest BCUT2D eigenvalue weighted by molar-refractivity contribution is 0.181. The molecule has 0 fully saturated rings. The molecule has 11 heavy (non-hydrogen) atoms. The first-order chi connectivity index (χ1) is 5.24. The van der Waals surface area contributed by atoms with Crippen molar-refractivity contribution < 1.29 is 9.50 Å². The monoisotopic (exact) mass is 156 g/mol. The summed E-state index contributed by atoms with van der Waals surface area (Å²) < 4.78 is 12.3. The van der Waals surface area contributed by atoms with E-state index in [4.69, 9.17) is 10.8 Å². The average molecular weight is 156 g/mol. The molecule has 0 aliphatic carbocycles. The lowest BCUT2D eigenvalue weighted by atomic mass is 10.2. The molecule has 0 bridgehead atoms. The Kier molecular flexibility index (Phi) is 2.51. The highest BCUT2D eigenvalue weighted by atomic mass is 19.1. The van der Waals surface area contributed by atoms with E-state index in [1.54, 1.807) is 0 Å². The highest BCUT2D eigenvalue weighted by Crippen LogP contribution is 2.07. The zero-order valence-corrected chi connectivity index (χ0v) is 5.87. The van der Waals surface area contributed by atoms with Gasteiger partial charge in [-0.15, -0.1) is 0 Å². The molecule has 0 radical (unpaired) electrons. The number of rotatable bonds is 2. The Hall–Kier alpha value is -1.00. The number of nitrogens with two attached hydrogens (primary N) is 1. The fourth-order valence-electron chi connectivity index (χ4n) is 0.705. The van der Waals surface area contributed by atoms with Gasteiger partial charge in [-0.1, -0.05) is 0 Å². The molecule has 3 nitrogen and oxygen atoms in total. The molecule has 1 heterocycles. The summed E-state index contributed by atoms with van der Waals surface area (Å²) in [5.74, 6) is -0.419. The number of pyridine rings is 1. The normalized spacial score (nSPS) is 13.0. The first-order valence-electron chi connectivity index (χ1n) is 3.23. The van der Waals surface area contributed by atoms with E-state index in [-0.39, 0.29) is 6.54 Å². The van der Waals surface area contributed by atoms with Gasteiger partial charge in [0.1, 0.15) is 11.9 Å². The van der Waals surface area contributed by atoms with E-state index in [0.29, 0.717) is 5.69 Å². The number of aromatic nitrogens is 1. The molecule has 3 N–H and O–H groups in total. The zero-order chi connectivity index (χ0) is 8.27. The maximum Gasteiger partial charge on any atom is 0.141 e. The topological polar surface area (TPSA) is 59.1 Å². The van der Waals surface area contributed by atoms with Gasteiger partial charge in [0.05, 0.1) is 11.9 Å². The SMILES string of the molecule is NCC(O)c1ccc(F)cn1. The predicted molar refractivity (Wildman–Crippen MR) is 38.2 cm³/mol. The summed E-state index contributed by atoms with van der Waals surface area (Å²) in [6.07, 6.45) is 0.254. The van der Waals surface area contributed by atoms with E-state index in [9.17, 15) is 4.39 Å². The summed E-state index contributed by atoms with van der Waals surface area (Å²) in [5.41, 5.74) is 5.56. The second kappa shape index (κ2) is 3.41. The van der Waals surface area contributed by atoms with Crippen LogP contribution in [-0.2, 0) is 0 Å². The van der Waals surface area contributed by atoms with Gasteiger partial charge >= 0.3 is 0 Å². The standard InChI is InChI=1S/C7H9FN2O/c8-5-1-2-6(10-4-5)7(11)3-9/h1-2,4,7,11H,3,9H2. The quantitative estimate of drug-likeness (QED) is 0.643. The molecule has 0 amide bonds. The molecule has 1 rings (SSSR count). The van der Waals surface area contributed by atoms with Gasteiger partial charge in [-0.05, 0) is 12.1 Å². The number of aliphatic hydroxyl groups is 1. The van der Waals surface area contributed by atoms with E-state index in [1.165, 1.54) is 12.1 Å². The highest BCUT2D eigenvalue weighted by molar-refractivity contribution is 5.08. The predicted octanol–water partition coefficient (Wildman–Crippen LogP) is 0.213. The minimum Gasteiger partial charge on any atom is -0.385 e. The van der Waals surface area contributed by atoms with Crippen LogP contribution in [0.3, 0.4) is 0 Å². The van der Waals surface area contributed by atoms with Crippen LogP contribution in [0, 0.1) is 5.82 Å². The third kappa shape index (κ3) is 1.96. The molecule has 0 saturated carbocycles. The molecule has 1 aromatic heterocycles. The minimum absolute atomic E-state index is 0.0959. The minimum atomic E-state index is -0.796. The van der Waals surface area contributed by atoms with Gasteiger partial charge in [-0.2, -0.15) is 0 Å². The number of hydrogen-bond donors (Lipinski definition) is 2. The lowest BCUT2D eigenvalue weighted by Crippen LogP contribution is -2.12. The first-order valence-corrected chi connectivity index (χ1v) is 3.23. The Morgan fingerprint density at radius 2 is 2.36 bits per heavy atom. The van der Waals surface area contributed by atoms with Crippen molar-refractivity contribution in [1.82, 2.24) is 4.98 Å².